The van der Waals surface area contributed by atoms with Gasteiger partial charge in [-0.1, -0.05) is 0 Å². The van der Waals surface area contributed by atoms with Crippen molar-refractivity contribution in [1.29, 1.82) is 0 Å². The molecule has 0 saturated carbocycles. The fourth-order valence-electron chi connectivity index (χ4n) is 2.78. The van der Waals surface area contributed by atoms with Crippen LogP contribution in [0.2, 0.25) is 0 Å². The highest BCUT2D eigenvalue weighted by atomic mass is 32.1. The van der Waals surface area contributed by atoms with E-state index in [1.54, 1.807) is 18.6 Å². The quantitative estimate of drug-likeness (QED) is 0.944. The first-order valence-electron chi connectivity index (χ1n) is 7.56. The molecular weight excluding hydrogens is 296 g/mol. The van der Waals surface area contributed by atoms with Crippen molar-refractivity contribution in [3.05, 3.63) is 35.6 Å². The Kier molecular flexibility index (Phi) is 4.49. The molecule has 2 aromatic rings. The molecule has 2 atom stereocenters. The minimum atomic E-state index is 0.0724. The summed E-state index contributed by atoms with van der Waals surface area (Å²) in [5, 5.41) is 0.853. The van der Waals surface area contributed by atoms with Crippen LogP contribution in [0.4, 0.5) is 0 Å². The van der Waals surface area contributed by atoms with Gasteiger partial charge in [-0.05, 0) is 37.8 Å². The van der Waals surface area contributed by atoms with Gasteiger partial charge in [0, 0.05) is 37.1 Å². The van der Waals surface area contributed by atoms with E-state index in [2.05, 4.69) is 9.97 Å². The first-order chi connectivity index (χ1) is 10.6. The standard InChI is InChI=1S/C16H20N4OS/c1-11(17)13-3-2-8-20(10-13)16(21)14-9-19-15(22-14)12-4-6-18-7-5-12/h4-7,9,11,13H,2-3,8,10,17H2,1H3/t11-,13+/m0/s1. The third kappa shape index (κ3) is 3.18. The maximum Gasteiger partial charge on any atom is 0.265 e. The van der Waals surface area contributed by atoms with Crippen molar-refractivity contribution in [3.8, 4) is 10.6 Å². The van der Waals surface area contributed by atoms with Gasteiger partial charge in [0.2, 0.25) is 0 Å². The van der Waals surface area contributed by atoms with Crippen LogP contribution in [0, 0.1) is 5.92 Å². The van der Waals surface area contributed by atoms with E-state index in [1.165, 1.54) is 11.3 Å². The molecule has 3 rings (SSSR count). The number of hydrogen-bond donors (Lipinski definition) is 1. The van der Waals surface area contributed by atoms with Crippen molar-refractivity contribution in [3.63, 3.8) is 0 Å². The molecule has 1 aliphatic heterocycles. The van der Waals surface area contributed by atoms with Crippen molar-refractivity contribution in [2.75, 3.05) is 13.1 Å². The van der Waals surface area contributed by atoms with Crippen LogP contribution in [0.3, 0.4) is 0 Å². The van der Waals surface area contributed by atoms with Gasteiger partial charge in [0.15, 0.2) is 0 Å². The number of likely N-dealkylation sites (tertiary alicyclic amines) is 1. The lowest BCUT2D eigenvalue weighted by molar-refractivity contribution is 0.0665. The number of amides is 1. The molecule has 0 aromatic carbocycles. The molecule has 116 valence electrons. The molecule has 1 fully saturated rings. The van der Waals surface area contributed by atoms with Gasteiger partial charge in [-0.3, -0.25) is 9.78 Å². The largest absolute Gasteiger partial charge is 0.338 e. The Morgan fingerprint density at radius 2 is 2.23 bits per heavy atom. The molecule has 3 heterocycles. The van der Waals surface area contributed by atoms with Gasteiger partial charge < -0.3 is 10.6 Å². The molecule has 22 heavy (non-hydrogen) atoms. The van der Waals surface area contributed by atoms with Gasteiger partial charge in [-0.2, -0.15) is 0 Å². The van der Waals surface area contributed by atoms with Crippen molar-refractivity contribution < 1.29 is 4.79 Å². The number of rotatable bonds is 3. The third-order valence-corrected chi connectivity index (χ3v) is 5.17. The number of aromatic nitrogens is 2. The fourth-order valence-corrected chi connectivity index (χ4v) is 3.67. The number of thiazole rings is 1. The normalized spacial score (nSPS) is 19.9. The Morgan fingerprint density at radius 3 is 2.95 bits per heavy atom. The minimum Gasteiger partial charge on any atom is -0.338 e. The number of nitrogens with two attached hydrogens (primary N) is 1. The van der Waals surface area contributed by atoms with E-state index in [4.69, 9.17) is 5.73 Å². The predicted octanol–water partition coefficient (Wildman–Crippen LogP) is 2.40. The number of nitrogens with zero attached hydrogens (tertiary/aromatic N) is 3. The summed E-state index contributed by atoms with van der Waals surface area (Å²) in [5.41, 5.74) is 6.99. The van der Waals surface area contributed by atoms with Crippen molar-refractivity contribution >= 4 is 17.2 Å². The summed E-state index contributed by atoms with van der Waals surface area (Å²) < 4.78 is 0. The molecule has 1 aliphatic rings. The monoisotopic (exact) mass is 316 g/mol. The highest BCUT2D eigenvalue weighted by molar-refractivity contribution is 7.16. The second-order valence-corrected chi connectivity index (χ2v) is 6.81. The summed E-state index contributed by atoms with van der Waals surface area (Å²) in [4.78, 5) is 23.6. The zero-order valence-corrected chi connectivity index (χ0v) is 13.4. The van der Waals surface area contributed by atoms with Gasteiger partial charge in [0.05, 0.1) is 6.20 Å². The number of pyridine rings is 1. The van der Waals surface area contributed by atoms with Gasteiger partial charge in [0.25, 0.3) is 5.91 Å². The Balaban J connectivity index is 1.74. The summed E-state index contributed by atoms with van der Waals surface area (Å²) in [7, 11) is 0. The van der Waals surface area contributed by atoms with E-state index < -0.39 is 0 Å². The molecule has 0 unspecified atom stereocenters. The molecule has 0 aliphatic carbocycles. The average molecular weight is 316 g/mol. The van der Waals surface area contributed by atoms with Crippen LogP contribution < -0.4 is 5.73 Å². The highest BCUT2D eigenvalue weighted by Gasteiger charge is 2.27. The molecular formula is C16H20N4OS. The summed E-state index contributed by atoms with van der Waals surface area (Å²) in [6, 6.07) is 3.93. The molecule has 0 spiro atoms. The molecule has 1 saturated heterocycles. The lowest BCUT2D eigenvalue weighted by atomic mass is 9.92. The molecule has 1 amide bonds. The molecule has 0 bridgehead atoms. The summed E-state index contributed by atoms with van der Waals surface area (Å²) in [6.45, 7) is 3.58. The molecule has 5 nitrogen and oxygen atoms in total. The maximum atomic E-state index is 12.7. The van der Waals surface area contributed by atoms with E-state index in [9.17, 15) is 4.79 Å². The van der Waals surface area contributed by atoms with Crippen molar-refractivity contribution in [2.24, 2.45) is 11.7 Å². The van der Waals surface area contributed by atoms with Crippen LogP contribution in [0.1, 0.15) is 29.4 Å². The van der Waals surface area contributed by atoms with Crippen LogP contribution in [0.15, 0.2) is 30.7 Å². The highest BCUT2D eigenvalue weighted by Crippen LogP contribution is 2.27. The van der Waals surface area contributed by atoms with E-state index in [1.807, 2.05) is 24.0 Å². The van der Waals surface area contributed by atoms with Gasteiger partial charge in [0.1, 0.15) is 9.88 Å². The third-order valence-electron chi connectivity index (χ3n) is 4.13. The Hall–Kier alpha value is -1.79. The van der Waals surface area contributed by atoms with Crippen LogP contribution in [0.25, 0.3) is 10.6 Å². The summed E-state index contributed by atoms with van der Waals surface area (Å²) >= 11 is 1.44. The number of carbonyl (C=O) groups is 1. The number of hydrogen-bond acceptors (Lipinski definition) is 5. The predicted molar refractivity (Wildman–Crippen MR) is 87.6 cm³/mol. The van der Waals surface area contributed by atoms with Gasteiger partial charge >= 0.3 is 0 Å². The molecule has 2 N–H and O–H groups in total. The average Bonchev–Trinajstić information content (AvgIpc) is 3.05. The van der Waals surface area contributed by atoms with E-state index >= 15 is 0 Å². The lowest BCUT2D eigenvalue weighted by Crippen LogP contribution is -2.44. The SMILES string of the molecule is C[C@H](N)[C@@H]1CCCN(C(=O)c2cnc(-c3ccncc3)s2)C1. The first kappa shape index (κ1) is 15.1. The molecule has 0 radical (unpaired) electrons. The summed E-state index contributed by atoms with van der Waals surface area (Å²) in [5.74, 6) is 0.466. The van der Waals surface area contributed by atoms with Crippen LogP contribution in [0.5, 0.6) is 0 Å². The number of carbonyl (C=O) groups excluding carboxylic acids is 1. The van der Waals surface area contributed by atoms with Crippen LogP contribution in [-0.2, 0) is 0 Å². The summed E-state index contributed by atoms with van der Waals surface area (Å²) in [6.07, 6.45) is 7.27. The van der Waals surface area contributed by atoms with E-state index in [0.29, 0.717) is 10.8 Å². The van der Waals surface area contributed by atoms with E-state index in [-0.39, 0.29) is 11.9 Å². The zero-order chi connectivity index (χ0) is 15.5. The van der Waals surface area contributed by atoms with Gasteiger partial charge in [-0.15, -0.1) is 11.3 Å². The zero-order valence-electron chi connectivity index (χ0n) is 12.6. The first-order valence-corrected chi connectivity index (χ1v) is 8.38. The maximum absolute atomic E-state index is 12.7. The van der Waals surface area contributed by atoms with Crippen molar-refractivity contribution in [1.82, 2.24) is 14.9 Å². The second kappa shape index (κ2) is 6.54. The van der Waals surface area contributed by atoms with E-state index in [0.717, 1.165) is 36.5 Å². The molecule has 2 aromatic heterocycles. The number of piperidine rings is 1. The van der Waals surface area contributed by atoms with Crippen LogP contribution in [-0.4, -0.2) is 39.9 Å². The fraction of sp³-hybridized carbons (Fsp3) is 0.438. The van der Waals surface area contributed by atoms with Crippen LogP contribution >= 0.6 is 11.3 Å². The Bertz CT molecular complexity index is 641. The Labute approximate surface area is 134 Å². The molecule has 6 heteroatoms. The second-order valence-electron chi connectivity index (χ2n) is 5.78. The lowest BCUT2D eigenvalue weighted by Gasteiger charge is -2.34. The van der Waals surface area contributed by atoms with Gasteiger partial charge in [-0.25, -0.2) is 4.98 Å². The minimum absolute atomic E-state index is 0.0724. The topological polar surface area (TPSA) is 72.1 Å². The van der Waals surface area contributed by atoms with Crippen molar-refractivity contribution in [2.45, 2.75) is 25.8 Å². The Morgan fingerprint density at radius 1 is 1.45 bits per heavy atom. The smallest absolute Gasteiger partial charge is 0.265 e.